The summed E-state index contributed by atoms with van der Waals surface area (Å²) in [6, 6.07) is 8.23. The average molecular weight is 279 g/mol. The predicted molar refractivity (Wildman–Crippen MR) is 79.1 cm³/mol. The number of ether oxygens (including phenoxy) is 2. The molecule has 0 aromatic heterocycles. The third-order valence-corrected chi connectivity index (χ3v) is 3.65. The SMILES string of the molecule is Cc1ccc(OC[C@H](O)CN2C[C@H](C)OC[C@@H]2C)cc1. The molecule has 0 spiro atoms. The normalized spacial score (nSPS) is 25.4. The first-order valence-corrected chi connectivity index (χ1v) is 7.28. The second kappa shape index (κ2) is 7.07. The Morgan fingerprint density at radius 2 is 2.05 bits per heavy atom. The van der Waals surface area contributed by atoms with Crippen molar-refractivity contribution in [1.82, 2.24) is 4.90 Å². The summed E-state index contributed by atoms with van der Waals surface area (Å²) in [6.07, 6.45) is -0.250. The Balaban J connectivity index is 1.77. The molecule has 0 radical (unpaired) electrons. The number of nitrogens with zero attached hydrogens (tertiary/aromatic N) is 1. The Hall–Kier alpha value is -1.10. The van der Waals surface area contributed by atoms with Crippen LogP contribution in [0.2, 0.25) is 0 Å². The molecule has 2 rings (SSSR count). The van der Waals surface area contributed by atoms with Gasteiger partial charge >= 0.3 is 0 Å². The monoisotopic (exact) mass is 279 g/mol. The van der Waals surface area contributed by atoms with Gasteiger partial charge in [0.1, 0.15) is 18.5 Å². The molecule has 1 aromatic rings. The molecule has 1 saturated heterocycles. The Bertz CT molecular complexity index is 407. The summed E-state index contributed by atoms with van der Waals surface area (Å²) in [5, 5.41) is 10.1. The number of hydrogen-bond donors (Lipinski definition) is 1. The molecule has 0 unspecified atom stereocenters. The quantitative estimate of drug-likeness (QED) is 0.893. The molecule has 20 heavy (non-hydrogen) atoms. The highest BCUT2D eigenvalue weighted by Crippen LogP contribution is 2.14. The van der Waals surface area contributed by atoms with Gasteiger partial charge in [-0.25, -0.2) is 0 Å². The molecule has 1 aliphatic rings. The minimum absolute atomic E-state index is 0.233. The minimum atomic E-state index is -0.482. The maximum absolute atomic E-state index is 10.1. The van der Waals surface area contributed by atoms with E-state index in [2.05, 4.69) is 18.7 Å². The number of morpholine rings is 1. The van der Waals surface area contributed by atoms with Crippen LogP contribution in [0, 0.1) is 6.92 Å². The van der Waals surface area contributed by atoms with E-state index in [1.54, 1.807) is 0 Å². The van der Waals surface area contributed by atoms with E-state index in [0.717, 1.165) is 18.9 Å². The minimum Gasteiger partial charge on any atom is -0.491 e. The standard InChI is InChI=1S/C16H25NO3/c1-12-4-6-16(7-5-12)20-11-15(18)9-17-8-14(3)19-10-13(17)2/h4-7,13-15,18H,8-11H2,1-3H3/t13-,14-,15+/m0/s1. The average Bonchev–Trinajstić information content (AvgIpc) is 2.42. The van der Waals surface area contributed by atoms with Crippen molar-refractivity contribution in [2.24, 2.45) is 0 Å². The van der Waals surface area contributed by atoms with Gasteiger partial charge in [0.05, 0.1) is 12.7 Å². The number of β-amino-alcohol motifs (C(OH)–C–C–N with tert-alkyl or cyclic N) is 1. The van der Waals surface area contributed by atoms with E-state index in [1.165, 1.54) is 5.56 Å². The van der Waals surface area contributed by atoms with Crippen molar-refractivity contribution >= 4 is 0 Å². The smallest absolute Gasteiger partial charge is 0.119 e. The van der Waals surface area contributed by atoms with Gasteiger partial charge in [0.2, 0.25) is 0 Å². The van der Waals surface area contributed by atoms with Crippen molar-refractivity contribution in [1.29, 1.82) is 0 Å². The van der Waals surface area contributed by atoms with Gasteiger partial charge < -0.3 is 14.6 Å². The number of rotatable bonds is 5. The Kier molecular flexibility index (Phi) is 5.40. The summed E-state index contributed by atoms with van der Waals surface area (Å²) < 4.78 is 11.2. The molecule has 4 nitrogen and oxygen atoms in total. The lowest BCUT2D eigenvalue weighted by molar-refractivity contribution is -0.0650. The van der Waals surface area contributed by atoms with Crippen LogP contribution >= 0.6 is 0 Å². The number of benzene rings is 1. The first-order chi connectivity index (χ1) is 9.54. The second-order valence-corrected chi connectivity index (χ2v) is 5.72. The van der Waals surface area contributed by atoms with Crippen molar-refractivity contribution in [3.63, 3.8) is 0 Å². The maximum atomic E-state index is 10.1. The zero-order chi connectivity index (χ0) is 14.5. The molecule has 4 heteroatoms. The van der Waals surface area contributed by atoms with Crippen LogP contribution < -0.4 is 4.74 Å². The summed E-state index contributed by atoms with van der Waals surface area (Å²) in [5.41, 5.74) is 1.20. The third-order valence-electron chi connectivity index (χ3n) is 3.65. The van der Waals surface area contributed by atoms with Crippen LogP contribution in [0.5, 0.6) is 5.75 Å². The van der Waals surface area contributed by atoms with Crippen LogP contribution in [-0.2, 0) is 4.74 Å². The highest BCUT2D eigenvalue weighted by Gasteiger charge is 2.25. The van der Waals surface area contributed by atoms with Gasteiger partial charge in [-0.2, -0.15) is 0 Å². The lowest BCUT2D eigenvalue weighted by atomic mass is 10.2. The maximum Gasteiger partial charge on any atom is 0.119 e. The van der Waals surface area contributed by atoms with E-state index in [9.17, 15) is 5.11 Å². The van der Waals surface area contributed by atoms with E-state index >= 15 is 0 Å². The Morgan fingerprint density at radius 1 is 1.35 bits per heavy atom. The molecule has 1 fully saturated rings. The molecule has 0 bridgehead atoms. The first-order valence-electron chi connectivity index (χ1n) is 7.28. The molecular weight excluding hydrogens is 254 g/mol. The van der Waals surface area contributed by atoms with Crippen molar-refractivity contribution in [3.8, 4) is 5.75 Å². The van der Waals surface area contributed by atoms with Crippen LogP contribution in [0.25, 0.3) is 0 Å². The van der Waals surface area contributed by atoms with E-state index < -0.39 is 6.10 Å². The first kappa shape index (κ1) is 15.3. The number of hydrogen-bond acceptors (Lipinski definition) is 4. The Labute approximate surface area is 121 Å². The topological polar surface area (TPSA) is 41.9 Å². The molecule has 1 N–H and O–H groups in total. The molecule has 0 amide bonds. The van der Waals surface area contributed by atoms with Gasteiger partial charge in [-0.1, -0.05) is 17.7 Å². The zero-order valence-corrected chi connectivity index (χ0v) is 12.6. The third kappa shape index (κ3) is 4.47. The van der Waals surface area contributed by atoms with Gasteiger partial charge in [-0.05, 0) is 32.9 Å². The molecule has 1 aromatic carbocycles. The number of aliphatic hydroxyl groups excluding tert-OH is 1. The molecule has 3 atom stereocenters. The van der Waals surface area contributed by atoms with Crippen LogP contribution in [0.1, 0.15) is 19.4 Å². The molecule has 1 heterocycles. The van der Waals surface area contributed by atoms with Crippen molar-refractivity contribution in [2.45, 2.75) is 39.0 Å². The van der Waals surface area contributed by atoms with Crippen molar-refractivity contribution in [2.75, 3.05) is 26.3 Å². The number of aryl methyl sites for hydroxylation is 1. The van der Waals surface area contributed by atoms with Crippen LogP contribution in [0.3, 0.4) is 0 Å². The van der Waals surface area contributed by atoms with Crippen molar-refractivity contribution in [3.05, 3.63) is 29.8 Å². The second-order valence-electron chi connectivity index (χ2n) is 5.72. The lowest BCUT2D eigenvalue weighted by Gasteiger charge is -2.37. The van der Waals surface area contributed by atoms with Gasteiger partial charge in [-0.15, -0.1) is 0 Å². The summed E-state index contributed by atoms with van der Waals surface area (Å²) in [4.78, 5) is 2.26. The molecular formula is C16H25NO3. The highest BCUT2D eigenvalue weighted by molar-refractivity contribution is 5.26. The summed E-state index contributed by atoms with van der Waals surface area (Å²) in [7, 11) is 0. The van der Waals surface area contributed by atoms with Gasteiger partial charge in [0.15, 0.2) is 0 Å². The van der Waals surface area contributed by atoms with Gasteiger partial charge in [0, 0.05) is 19.1 Å². The summed E-state index contributed by atoms with van der Waals surface area (Å²) in [5.74, 6) is 0.804. The Morgan fingerprint density at radius 3 is 2.75 bits per heavy atom. The molecule has 112 valence electrons. The summed E-state index contributed by atoms with van der Waals surface area (Å²) >= 11 is 0. The molecule has 0 aliphatic carbocycles. The van der Waals surface area contributed by atoms with Crippen molar-refractivity contribution < 1.29 is 14.6 Å². The fourth-order valence-electron chi connectivity index (χ4n) is 2.38. The largest absolute Gasteiger partial charge is 0.491 e. The fraction of sp³-hybridized carbons (Fsp3) is 0.625. The zero-order valence-electron chi connectivity index (χ0n) is 12.6. The van der Waals surface area contributed by atoms with Crippen LogP contribution in [-0.4, -0.2) is 54.6 Å². The van der Waals surface area contributed by atoms with Crippen LogP contribution in [0.4, 0.5) is 0 Å². The lowest BCUT2D eigenvalue weighted by Crippen LogP contribution is -2.50. The molecule has 1 aliphatic heterocycles. The highest BCUT2D eigenvalue weighted by atomic mass is 16.5. The van der Waals surface area contributed by atoms with Crippen LogP contribution in [0.15, 0.2) is 24.3 Å². The van der Waals surface area contributed by atoms with E-state index in [1.807, 2.05) is 31.2 Å². The number of aliphatic hydroxyl groups is 1. The van der Waals surface area contributed by atoms with Gasteiger partial charge in [0.25, 0.3) is 0 Å². The van der Waals surface area contributed by atoms with Gasteiger partial charge in [-0.3, -0.25) is 4.90 Å². The predicted octanol–water partition coefficient (Wildman–Crippen LogP) is 1.84. The van der Waals surface area contributed by atoms with E-state index in [-0.39, 0.29) is 6.10 Å². The summed E-state index contributed by atoms with van der Waals surface area (Å²) in [6.45, 7) is 8.77. The van der Waals surface area contributed by atoms with E-state index in [0.29, 0.717) is 19.2 Å². The molecule has 0 saturated carbocycles. The fourth-order valence-corrected chi connectivity index (χ4v) is 2.38. The van der Waals surface area contributed by atoms with E-state index in [4.69, 9.17) is 9.47 Å².